The van der Waals surface area contributed by atoms with E-state index in [1.807, 2.05) is 13.8 Å². The van der Waals surface area contributed by atoms with E-state index in [-0.39, 0.29) is 0 Å². The molecular formula is C7H14NO2-. The van der Waals surface area contributed by atoms with Crippen LogP contribution in [-0.4, -0.2) is 18.6 Å². The van der Waals surface area contributed by atoms with Crippen molar-refractivity contribution in [3.05, 3.63) is 0 Å². The van der Waals surface area contributed by atoms with Gasteiger partial charge in [0.1, 0.15) is 0 Å². The Balaban J connectivity index is 3.61. The topological polar surface area (TPSA) is 52.2 Å². The van der Waals surface area contributed by atoms with E-state index in [0.29, 0.717) is 13.0 Å². The third-order valence-corrected chi connectivity index (χ3v) is 1.31. The highest BCUT2D eigenvalue weighted by Gasteiger charge is 2.04. The Morgan fingerprint density at radius 2 is 2.20 bits per heavy atom. The van der Waals surface area contributed by atoms with E-state index in [4.69, 9.17) is 0 Å². The molecule has 1 atom stereocenters. The molecule has 3 heteroatoms. The third kappa shape index (κ3) is 3.45. The Morgan fingerprint density at radius 3 is 2.50 bits per heavy atom. The summed E-state index contributed by atoms with van der Waals surface area (Å²) in [5.41, 5.74) is 0. The second-order valence-corrected chi connectivity index (χ2v) is 2.22. The van der Waals surface area contributed by atoms with Crippen LogP contribution in [-0.2, 0) is 4.79 Å². The first-order chi connectivity index (χ1) is 4.72. The molecule has 0 amide bonds. The van der Waals surface area contributed by atoms with Crippen molar-refractivity contribution in [2.24, 2.45) is 0 Å². The maximum atomic E-state index is 10.3. The maximum Gasteiger partial charge on any atom is 0.0584 e. The fourth-order valence-electron chi connectivity index (χ4n) is 0.838. The van der Waals surface area contributed by atoms with E-state index >= 15 is 0 Å². The molecule has 0 aromatic heterocycles. The standard InChI is InChI=1S/C7H15NO2/c1-3-5-6(7(9)10)8-4-2/h6,8H,3-5H2,1-2H3,(H,9,10)/p-1/t6-/m0/s1. The van der Waals surface area contributed by atoms with Crippen molar-refractivity contribution in [3.63, 3.8) is 0 Å². The van der Waals surface area contributed by atoms with E-state index in [9.17, 15) is 9.90 Å². The van der Waals surface area contributed by atoms with Crippen LogP contribution in [0.2, 0.25) is 0 Å². The van der Waals surface area contributed by atoms with Crippen LogP contribution in [0.25, 0.3) is 0 Å². The molecule has 0 bridgehead atoms. The Morgan fingerprint density at radius 1 is 1.60 bits per heavy atom. The molecule has 0 unspecified atom stereocenters. The number of hydrogen-bond donors (Lipinski definition) is 1. The predicted molar refractivity (Wildman–Crippen MR) is 37.4 cm³/mol. The van der Waals surface area contributed by atoms with Gasteiger partial charge in [-0.05, 0) is 13.0 Å². The molecule has 60 valence electrons. The van der Waals surface area contributed by atoms with Gasteiger partial charge in [0.05, 0.1) is 5.97 Å². The van der Waals surface area contributed by atoms with Gasteiger partial charge in [0.25, 0.3) is 0 Å². The lowest BCUT2D eigenvalue weighted by molar-refractivity contribution is -0.308. The van der Waals surface area contributed by atoms with E-state index in [1.54, 1.807) is 0 Å². The van der Waals surface area contributed by atoms with Gasteiger partial charge in [-0.2, -0.15) is 0 Å². The van der Waals surface area contributed by atoms with Crippen molar-refractivity contribution in [2.45, 2.75) is 32.7 Å². The van der Waals surface area contributed by atoms with Crippen LogP contribution in [0.5, 0.6) is 0 Å². The summed E-state index contributed by atoms with van der Waals surface area (Å²) in [4.78, 5) is 10.3. The lowest BCUT2D eigenvalue weighted by Crippen LogP contribution is -2.45. The minimum absolute atomic E-state index is 0.463. The zero-order valence-corrected chi connectivity index (χ0v) is 6.52. The van der Waals surface area contributed by atoms with Crippen molar-refractivity contribution < 1.29 is 9.90 Å². The Labute approximate surface area is 61.4 Å². The summed E-state index contributed by atoms with van der Waals surface area (Å²) < 4.78 is 0. The molecule has 0 rings (SSSR count). The first-order valence-corrected chi connectivity index (χ1v) is 3.66. The molecule has 0 heterocycles. The second kappa shape index (κ2) is 5.23. The number of rotatable bonds is 5. The molecule has 0 aromatic rings. The summed E-state index contributed by atoms with van der Waals surface area (Å²) in [5, 5.41) is 13.1. The molecule has 10 heavy (non-hydrogen) atoms. The fourth-order valence-corrected chi connectivity index (χ4v) is 0.838. The summed E-state index contributed by atoms with van der Waals surface area (Å²) in [6.07, 6.45) is 1.52. The summed E-state index contributed by atoms with van der Waals surface area (Å²) in [7, 11) is 0. The third-order valence-electron chi connectivity index (χ3n) is 1.31. The molecule has 0 fully saturated rings. The minimum Gasteiger partial charge on any atom is -0.548 e. The number of hydrogen-bond acceptors (Lipinski definition) is 3. The number of carbonyl (C=O) groups is 1. The van der Waals surface area contributed by atoms with Crippen LogP contribution in [0.3, 0.4) is 0 Å². The molecule has 0 saturated carbocycles. The number of carboxylic acids is 1. The molecule has 0 aliphatic rings. The van der Waals surface area contributed by atoms with Gasteiger partial charge in [-0.1, -0.05) is 20.3 Å². The predicted octanol–water partition coefficient (Wildman–Crippen LogP) is -0.485. The number of nitrogens with one attached hydrogen (secondary N) is 1. The molecule has 0 saturated heterocycles. The zero-order valence-electron chi connectivity index (χ0n) is 6.52. The minimum atomic E-state index is -0.997. The summed E-state index contributed by atoms with van der Waals surface area (Å²) in [6.45, 7) is 4.51. The van der Waals surface area contributed by atoms with Crippen LogP contribution in [0.4, 0.5) is 0 Å². The van der Waals surface area contributed by atoms with Gasteiger partial charge in [0.2, 0.25) is 0 Å². The summed E-state index contributed by atoms with van der Waals surface area (Å²) in [6, 6.07) is -0.463. The van der Waals surface area contributed by atoms with Gasteiger partial charge in [-0.3, -0.25) is 0 Å². The highest BCUT2D eigenvalue weighted by atomic mass is 16.4. The summed E-state index contributed by atoms with van der Waals surface area (Å²) >= 11 is 0. The average Bonchev–Trinajstić information content (AvgIpc) is 1.87. The van der Waals surface area contributed by atoms with Crippen LogP contribution in [0, 0.1) is 0 Å². The summed E-state index contributed by atoms with van der Waals surface area (Å²) in [5.74, 6) is -0.997. The van der Waals surface area contributed by atoms with Crippen molar-refractivity contribution in [2.75, 3.05) is 6.54 Å². The van der Waals surface area contributed by atoms with Gasteiger partial charge < -0.3 is 15.2 Å². The number of carbonyl (C=O) groups excluding carboxylic acids is 1. The smallest absolute Gasteiger partial charge is 0.0584 e. The second-order valence-electron chi connectivity index (χ2n) is 2.22. The molecule has 0 spiro atoms. The fraction of sp³-hybridized carbons (Fsp3) is 0.857. The lowest BCUT2D eigenvalue weighted by Gasteiger charge is -2.17. The SMILES string of the molecule is CCC[C@H](NCC)C(=O)[O-]. The van der Waals surface area contributed by atoms with Crippen LogP contribution >= 0.6 is 0 Å². The highest BCUT2D eigenvalue weighted by Crippen LogP contribution is 1.93. The van der Waals surface area contributed by atoms with Crippen LogP contribution < -0.4 is 10.4 Å². The lowest BCUT2D eigenvalue weighted by atomic mass is 10.2. The number of carboxylic acid groups (broad SMARTS) is 1. The molecular weight excluding hydrogens is 130 g/mol. The monoisotopic (exact) mass is 144 g/mol. The van der Waals surface area contributed by atoms with Crippen molar-refractivity contribution in [3.8, 4) is 0 Å². The first kappa shape index (κ1) is 9.43. The molecule has 0 aromatic carbocycles. The normalized spacial score (nSPS) is 13.0. The van der Waals surface area contributed by atoms with Crippen molar-refractivity contribution in [1.82, 2.24) is 5.32 Å². The van der Waals surface area contributed by atoms with Gasteiger partial charge >= 0.3 is 0 Å². The largest absolute Gasteiger partial charge is 0.548 e. The van der Waals surface area contributed by atoms with Gasteiger partial charge in [-0.25, -0.2) is 0 Å². The molecule has 3 nitrogen and oxygen atoms in total. The van der Waals surface area contributed by atoms with Crippen molar-refractivity contribution in [1.29, 1.82) is 0 Å². The van der Waals surface area contributed by atoms with Crippen LogP contribution in [0.15, 0.2) is 0 Å². The van der Waals surface area contributed by atoms with E-state index < -0.39 is 12.0 Å². The van der Waals surface area contributed by atoms with E-state index in [1.165, 1.54) is 0 Å². The van der Waals surface area contributed by atoms with E-state index in [0.717, 1.165) is 6.42 Å². The van der Waals surface area contributed by atoms with E-state index in [2.05, 4.69) is 5.32 Å². The Kier molecular flexibility index (Phi) is 4.94. The van der Waals surface area contributed by atoms with Crippen molar-refractivity contribution >= 4 is 5.97 Å². The first-order valence-electron chi connectivity index (χ1n) is 3.66. The number of likely N-dealkylation sites (N-methyl/N-ethyl adjacent to an activating group) is 1. The van der Waals surface area contributed by atoms with Gasteiger partial charge in [0, 0.05) is 6.04 Å². The Hall–Kier alpha value is -0.570. The van der Waals surface area contributed by atoms with Gasteiger partial charge in [0.15, 0.2) is 0 Å². The average molecular weight is 144 g/mol. The molecule has 1 N–H and O–H groups in total. The van der Waals surface area contributed by atoms with Crippen LogP contribution in [0.1, 0.15) is 26.7 Å². The molecule has 0 aliphatic carbocycles. The van der Waals surface area contributed by atoms with Gasteiger partial charge in [-0.15, -0.1) is 0 Å². The zero-order chi connectivity index (χ0) is 7.98. The highest BCUT2D eigenvalue weighted by molar-refractivity contribution is 5.71. The Bertz CT molecular complexity index is 97.8. The molecule has 0 radical (unpaired) electrons. The maximum absolute atomic E-state index is 10.3. The molecule has 0 aliphatic heterocycles. The number of aliphatic carboxylic acids is 1. The quantitative estimate of drug-likeness (QED) is 0.566.